The molecular weight excluding hydrogens is 202 g/mol. The van der Waals surface area contributed by atoms with Crippen LogP contribution in [0.2, 0.25) is 0 Å². The van der Waals surface area contributed by atoms with Crippen LogP contribution >= 0.6 is 12.4 Å². The van der Waals surface area contributed by atoms with Crippen LogP contribution in [0.4, 0.5) is 0 Å². The Morgan fingerprint density at radius 1 is 1.36 bits per heavy atom. The molecule has 1 N–H and O–H groups in total. The molecule has 0 heterocycles. The topological polar surface area (TPSA) is 48.2 Å². The standard InChI is InChI=1S/C9H19N3O.ClH/c1-4-5-6-7-10-9(8-11-13)12(2)3;/h8,13H,4-7H2,1-3H3;1H. The first kappa shape index (κ1) is 15.7. The number of hydrogen-bond donors (Lipinski definition) is 1. The summed E-state index contributed by atoms with van der Waals surface area (Å²) in [7, 11) is 3.75. The maximum absolute atomic E-state index is 8.35. The first-order chi connectivity index (χ1) is 6.22. The Morgan fingerprint density at radius 3 is 2.43 bits per heavy atom. The fraction of sp³-hybridized carbons (Fsp3) is 0.778. The second kappa shape index (κ2) is 10.3. The van der Waals surface area contributed by atoms with Crippen molar-refractivity contribution in [2.24, 2.45) is 10.1 Å². The molecule has 0 rings (SSSR count). The van der Waals surface area contributed by atoms with E-state index in [9.17, 15) is 0 Å². The predicted molar refractivity (Wildman–Crippen MR) is 63.0 cm³/mol. The number of oxime groups is 1. The molecule has 0 aliphatic carbocycles. The molecule has 0 aliphatic heterocycles. The van der Waals surface area contributed by atoms with E-state index in [0.717, 1.165) is 13.0 Å². The Hall–Kier alpha value is -0.770. The van der Waals surface area contributed by atoms with Crippen molar-refractivity contribution in [3.63, 3.8) is 0 Å². The lowest BCUT2D eigenvalue weighted by atomic mass is 10.2. The lowest BCUT2D eigenvalue weighted by molar-refractivity contribution is 0.322. The van der Waals surface area contributed by atoms with Crippen LogP contribution in [0.25, 0.3) is 0 Å². The third kappa shape index (κ3) is 7.86. The van der Waals surface area contributed by atoms with Gasteiger partial charge in [0.05, 0.1) is 0 Å². The van der Waals surface area contributed by atoms with Gasteiger partial charge in [-0.05, 0) is 6.42 Å². The molecule has 0 aromatic heterocycles. The van der Waals surface area contributed by atoms with Crippen molar-refractivity contribution < 1.29 is 5.21 Å². The van der Waals surface area contributed by atoms with Crippen molar-refractivity contribution in [3.8, 4) is 0 Å². The minimum atomic E-state index is 0. The molecule has 0 aromatic rings. The Bertz CT molecular complexity index is 181. The van der Waals surface area contributed by atoms with Gasteiger partial charge in [0.25, 0.3) is 0 Å². The van der Waals surface area contributed by atoms with Gasteiger partial charge >= 0.3 is 0 Å². The van der Waals surface area contributed by atoms with E-state index in [2.05, 4.69) is 17.1 Å². The van der Waals surface area contributed by atoms with Crippen molar-refractivity contribution in [2.45, 2.75) is 26.2 Å². The molecule has 5 heteroatoms. The zero-order chi connectivity index (χ0) is 10.1. The number of nitrogens with zero attached hydrogens (tertiary/aromatic N) is 3. The van der Waals surface area contributed by atoms with Gasteiger partial charge in [0.2, 0.25) is 0 Å². The van der Waals surface area contributed by atoms with Gasteiger partial charge in [-0.25, -0.2) is 0 Å². The summed E-state index contributed by atoms with van der Waals surface area (Å²) in [4.78, 5) is 6.11. The first-order valence-corrected chi connectivity index (χ1v) is 4.61. The first-order valence-electron chi connectivity index (χ1n) is 4.61. The normalized spacial score (nSPS) is 11.5. The molecule has 0 saturated heterocycles. The van der Waals surface area contributed by atoms with Crippen molar-refractivity contribution in [3.05, 3.63) is 0 Å². The van der Waals surface area contributed by atoms with Crippen LogP contribution in [-0.2, 0) is 0 Å². The van der Waals surface area contributed by atoms with E-state index in [4.69, 9.17) is 5.21 Å². The minimum absolute atomic E-state index is 0. The third-order valence-electron chi connectivity index (χ3n) is 1.67. The largest absolute Gasteiger partial charge is 0.411 e. The van der Waals surface area contributed by atoms with Crippen molar-refractivity contribution >= 4 is 24.5 Å². The van der Waals surface area contributed by atoms with Gasteiger partial charge in [0, 0.05) is 20.6 Å². The fourth-order valence-electron chi connectivity index (χ4n) is 0.905. The predicted octanol–water partition coefficient (Wildman–Crippen LogP) is 2.02. The summed E-state index contributed by atoms with van der Waals surface area (Å²) in [6.07, 6.45) is 4.83. The molecule has 0 aromatic carbocycles. The number of aliphatic imine (C=N–C) groups is 1. The number of rotatable bonds is 5. The summed E-state index contributed by atoms with van der Waals surface area (Å²) in [5.74, 6) is 0.707. The van der Waals surface area contributed by atoms with Crippen LogP contribution in [0.5, 0.6) is 0 Å². The van der Waals surface area contributed by atoms with Crippen molar-refractivity contribution in [2.75, 3.05) is 20.6 Å². The van der Waals surface area contributed by atoms with E-state index in [1.165, 1.54) is 19.1 Å². The third-order valence-corrected chi connectivity index (χ3v) is 1.67. The summed E-state index contributed by atoms with van der Waals surface area (Å²) in [5.41, 5.74) is 0. The van der Waals surface area contributed by atoms with E-state index in [1.54, 1.807) is 0 Å². The molecule has 0 saturated carbocycles. The zero-order valence-corrected chi connectivity index (χ0v) is 9.92. The van der Waals surface area contributed by atoms with Crippen molar-refractivity contribution in [1.29, 1.82) is 0 Å². The molecular formula is C9H20ClN3O. The molecule has 14 heavy (non-hydrogen) atoms. The molecule has 0 amide bonds. The van der Waals surface area contributed by atoms with Gasteiger partial charge in [0.15, 0.2) is 0 Å². The molecule has 0 bridgehead atoms. The van der Waals surface area contributed by atoms with Crippen LogP contribution in [0.15, 0.2) is 10.1 Å². The number of unbranched alkanes of at least 4 members (excludes halogenated alkanes) is 2. The Morgan fingerprint density at radius 2 is 2.00 bits per heavy atom. The van der Waals surface area contributed by atoms with Gasteiger partial charge in [-0.3, -0.25) is 4.99 Å². The summed E-state index contributed by atoms with van der Waals surface area (Å²) < 4.78 is 0. The second-order valence-corrected chi connectivity index (χ2v) is 3.09. The highest BCUT2D eigenvalue weighted by molar-refractivity contribution is 6.28. The number of hydrogen-bond acceptors (Lipinski definition) is 3. The van der Waals surface area contributed by atoms with Gasteiger partial charge in [-0.1, -0.05) is 24.9 Å². The molecule has 4 nitrogen and oxygen atoms in total. The second-order valence-electron chi connectivity index (χ2n) is 3.09. The van der Waals surface area contributed by atoms with E-state index < -0.39 is 0 Å². The maximum Gasteiger partial charge on any atom is 0.145 e. The number of amidine groups is 1. The Balaban J connectivity index is 0. The van der Waals surface area contributed by atoms with Gasteiger partial charge in [0.1, 0.15) is 12.1 Å². The summed E-state index contributed by atoms with van der Waals surface area (Å²) in [5, 5.41) is 11.3. The van der Waals surface area contributed by atoms with Crippen LogP contribution in [0, 0.1) is 0 Å². The fourth-order valence-corrected chi connectivity index (χ4v) is 0.905. The average molecular weight is 222 g/mol. The molecule has 0 unspecified atom stereocenters. The minimum Gasteiger partial charge on any atom is -0.411 e. The van der Waals surface area contributed by atoms with Crippen LogP contribution in [0.3, 0.4) is 0 Å². The maximum atomic E-state index is 8.35. The van der Waals surface area contributed by atoms with E-state index in [0.29, 0.717) is 5.84 Å². The lowest BCUT2D eigenvalue weighted by Crippen LogP contribution is -2.23. The van der Waals surface area contributed by atoms with Crippen LogP contribution in [-0.4, -0.2) is 42.8 Å². The van der Waals surface area contributed by atoms with Gasteiger partial charge in [-0.15, -0.1) is 12.4 Å². The molecule has 84 valence electrons. The van der Waals surface area contributed by atoms with Gasteiger partial charge in [-0.2, -0.15) is 0 Å². The molecule has 0 spiro atoms. The van der Waals surface area contributed by atoms with Crippen LogP contribution in [0.1, 0.15) is 26.2 Å². The van der Waals surface area contributed by atoms with Crippen molar-refractivity contribution in [1.82, 2.24) is 4.90 Å². The molecule has 0 aliphatic rings. The summed E-state index contributed by atoms with van der Waals surface area (Å²) >= 11 is 0. The smallest absolute Gasteiger partial charge is 0.145 e. The lowest BCUT2D eigenvalue weighted by Gasteiger charge is -2.10. The SMILES string of the molecule is CCCCCN=C(C=NO)N(C)C.Cl. The summed E-state index contributed by atoms with van der Waals surface area (Å²) in [6, 6.07) is 0. The highest BCUT2D eigenvalue weighted by Crippen LogP contribution is 1.94. The highest BCUT2D eigenvalue weighted by Gasteiger charge is 1.96. The van der Waals surface area contributed by atoms with E-state index >= 15 is 0 Å². The van der Waals surface area contributed by atoms with Gasteiger partial charge < -0.3 is 10.1 Å². The monoisotopic (exact) mass is 221 g/mol. The molecule has 0 radical (unpaired) electrons. The molecule has 0 atom stereocenters. The van der Waals surface area contributed by atoms with E-state index in [-0.39, 0.29) is 12.4 Å². The van der Waals surface area contributed by atoms with Crippen LogP contribution < -0.4 is 0 Å². The Labute approximate surface area is 92.1 Å². The van der Waals surface area contributed by atoms with E-state index in [1.807, 2.05) is 19.0 Å². The molecule has 0 fully saturated rings. The highest BCUT2D eigenvalue weighted by atomic mass is 35.5. The zero-order valence-electron chi connectivity index (χ0n) is 9.10. The average Bonchev–Trinajstić information content (AvgIpc) is 2.10. The quantitative estimate of drug-likeness (QED) is 0.254. The summed E-state index contributed by atoms with van der Waals surface area (Å²) in [6.45, 7) is 2.96. The Kier molecular flexibility index (Phi) is 11.6. The number of halogens is 1.